The van der Waals surface area contributed by atoms with Gasteiger partial charge in [-0.05, 0) is 54.4 Å². The van der Waals surface area contributed by atoms with Crippen LogP contribution < -0.4 is 9.64 Å². The molecule has 0 spiro atoms. The van der Waals surface area contributed by atoms with Crippen LogP contribution in [0.25, 0.3) is 5.76 Å². The molecule has 0 bridgehead atoms. The molecule has 4 aromatic rings. The molecule has 3 heterocycles. The van der Waals surface area contributed by atoms with Crippen LogP contribution in [0, 0.1) is 5.82 Å². The highest BCUT2D eigenvalue weighted by Crippen LogP contribution is 2.44. The molecule has 1 aliphatic heterocycles. The van der Waals surface area contributed by atoms with Gasteiger partial charge in [-0.3, -0.25) is 19.5 Å². The average Bonchev–Trinajstić information content (AvgIpc) is 3.51. The van der Waals surface area contributed by atoms with Crippen LogP contribution in [-0.2, 0) is 15.3 Å². The smallest absolute Gasteiger partial charge is 0.301 e. The monoisotopic (exact) mass is 548 g/mol. The average molecular weight is 549 g/mol. The minimum absolute atomic E-state index is 0.0546. The highest BCUT2D eigenvalue weighted by Gasteiger charge is 2.48. The number of pyridine rings is 1. The van der Waals surface area contributed by atoms with E-state index in [2.05, 4.69) is 15.2 Å². The highest BCUT2D eigenvalue weighted by atomic mass is 32.2. The highest BCUT2D eigenvalue weighted by molar-refractivity contribution is 8.00. The summed E-state index contributed by atoms with van der Waals surface area (Å²) in [5.74, 6) is -1.09. The number of halogens is 1. The molecule has 0 radical (unpaired) electrons. The summed E-state index contributed by atoms with van der Waals surface area (Å²) in [6, 6.07) is 15.3. The molecule has 1 amide bonds. The van der Waals surface area contributed by atoms with E-state index in [1.54, 1.807) is 48.5 Å². The predicted molar refractivity (Wildman–Crippen MR) is 143 cm³/mol. The van der Waals surface area contributed by atoms with E-state index in [-0.39, 0.29) is 22.3 Å². The topological polar surface area (TPSA) is 106 Å². The Kier molecular flexibility index (Phi) is 7.47. The third-order valence-electron chi connectivity index (χ3n) is 5.78. The molecule has 2 aromatic carbocycles. The molecule has 5 rings (SSSR count). The fraction of sp³-hybridized carbons (Fsp3) is 0.148. The fourth-order valence-electron chi connectivity index (χ4n) is 4.01. The number of anilines is 1. The van der Waals surface area contributed by atoms with Gasteiger partial charge >= 0.3 is 5.91 Å². The molecule has 11 heteroatoms. The van der Waals surface area contributed by atoms with Crippen LogP contribution in [0.5, 0.6) is 5.75 Å². The Morgan fingerprint density at radius 3 is 2.45 bits per heavy atom. The molecule has 1 N–H and O–H groups in total. The summed E-state index contributed by atoms with van der Waals surface area (Å²) in [5, 5.41) is 19.8. The number of carbonyl (C=O) groups is 2. The number of ether oxygens (including phenoxy) is 1. The van der Waals surface area contributed by atoms with Crippen molar-refractivity contribution in [2.75, 3.05) is 11.5 Å². The van der Waals surface area contributed by atoms with E-state index in [9.17, 15) is 19.1 Å². The first-order valence-corrected chi connectivity index (χ1v) is 13.4. The summed E-state index contributed by atoms with van der Waals surface area (Å²) in [5.41, 5.74) is 1.81. The van der Waals surface area contributed by atoms with Gasteiger partial charge in [-0.2, -0.15) is 0 Å². The summed E-state index contributed by atoms with van der Waals surface area (Å²) in [6.45, 7) is 2.36. The first-order valence-electron chi connectivity index (χ1n) is 11.6. The lowest BCUT2D eigenvalue weighted by atomic mass is 9.95. The van der Waals surface area contributed by atoms with Crippen LogP contribution in [0.15, 0.2) is 83.0 Å². The number of aliphatic hydroxyl groups excluding tert-OH is 1. The number of rotatable bonds is 8. The van der Waals surface area contributed by atoms with Crippen molar-refractivity contribution in [2.24, 2.45) is 0 Å². The Morgan fingerprint density at radius 1 is 1.05 bits per heavy atom. The van der Waals surface area contributed by atoms with Crippen molar-refractivity contribution in [1.29, 1.82) is 0 Å². The normalized spacial score (nSPS) is 16.7. The number of hydrogen-bond acceptors (Lipinski definition) is 9. The number of Topliss-reactive ketones (excluding diaryl/α,β-unsaturated/α-hetero) is 1. The Morgan fingerprint density at radius 2 is 1.76 bits per heavy atom. The lowest BCUT2D eigenvalue weighted by molar-refractivity contribution is -0.132. The molecule has 1 unspecified atom stereocenters. The number of carbonyl (C=O) groups excluding carboxylic acids is 2. The first-order chi connectivity index (χ1) is 18.5. The Labute approximate surface area is 225 Å². The molecule has 0 aliphatic carbocycles. The maximum absolute atomic E-state index is 13.3. The van der Waals surface area contributed by atoms with E-state index in [1.807, 2.05) is 6.92 Å². The van der Waals surface area contributed by atoms with E-state index in [4.69, 9.17) is 4.74 Å². The summed E-state index contributed by atoms with van der Waals surface area (Å²) in [4.78, 5) is 31.8. The van der Waals surface area contributed by atoms with Gasteiger partial charge in [0.15, 0.2) is 4.34 Å². The van der Waals surface area contributed by atoms with Gasteiger partial charge in [0.2, 0.25) is 5.13 Å². The van der Waals surface area contributed by atoms with Crippen molar-refractivity contribution in [2.45, 2.75) is 23.1 Å². The minimum atomic E-state index is -0.929. The van der Waals surface area contributed by atoms with Gasteiger partial charge < -0.3 is 9.84 Å². The standard InChI is InChI=1S/C27H21FN4O4S2/c1-2-36-20-9-5-17(6-10-20)22-21(23(33)18-11-13-29-14-12-18)24(34)25(35)32(22)26-30-31-27(38-26)37-15-16-3-7-19(28)8-4-16/h3-14,22,33H,2,15H2,1H3/b23-21+. The van der Waals surface area contributed by atoms with Crippen molar-refractivity contribution < 1.29 is 23.8 Å². The number of ketones is 1. The molecule has 0 saturated carbocycles. The second-order valence-electron chi connectivity index (χ2n) is 8.17. The number of amides is 1. The Bertz CT molecular complexity index is 1490. The van der Waals surface area contributed by atoms with Crippen molar-refractivity contribution in [3.63, 3.8) is 0 Å². The predicted octanol–water partition coefficient (Wildman–Crippen LogP) is 5.39. The Balaban J connectivity index is 1.52. The number of aromatic nitrogens is 3. The van der Waals surface area contributed by atoms with Crippen molar-refractivity contribution in [3.8, 4) is 5.75 Å². The second kappa shape index (κ2) is 11.1. The van der Waals surface area contributed by atoms with E-state index < -0.39 is 17.7 Å². The van der Waals surface area contributed by atoms with Gasteiger partial charge in [0.1, 0.15) is 17.3 Å². The first kappa shape index (κ1) is 25.6. The number of nitrogens with zero attached hydrogens (tertiary/aromatic N) is 4. The number of hydrogen-bond donors (Lipinski definition) is 1. The molecule has 192 valence electrons. The molecule has 38 heavy (non-hydrogen) atoms. The molecule has 1 fully saturated rings. The summed E-state index contributed by atoms with van der Waals surface area (Å²) >= 11 is 2.54. The van der Waals surface area contributed by atoms with Crippen molar-refractivity contribution in [1.82, 2.24) is 15.2 Å². The van der Waals surface area contributed by atoms with Gasteiger partial charge in [-0.1, -0.05) is 47.4 Å². The van der Waals surface area contributed by atoms with Crippen molar-refractivity contribution in [3.05, 3.63) is 101 Å². The third-order valence-corrected chi connectivity index (χ3v) is 7.91. The summed E-state index contributed by atoms with van der Waals surface area (Å²) < 4.78 is 19.3. The summed E-state index contributed by atoms with van der Waals surface area (Å²) in [6.07, 6.45) is 2.98. The van der Waals surface area contributed by atoms with E-state index in [1.165, 1.54) is 41.2 Å². The molecule has 8 nitrogen and oxygen atoms in total. The zero-order chi connectivity index (χ0) is 26.6. The van der Waals surface area contributed by atoms with Gasteiger partial charge in [0.25, 0.3) is 5.78 Å². The molecular formula is C27H21FN4O4S2. The SMILES string of the molecule is CCOc1ccc(C2/C(=C(\O)c3ccncc3)C(=O)C(=O)N2c2nnc(SCc3ccc(F)cc3)s2)cc1. The quantitative estimate of drug-likeness (QED) is 0.103. The van der Waals surface area contributed by atoms with Crippen LogP contribution in [0.2, 0.25) is 0 Å². The maximum Gasteiger partial charge on any atom is 0.301 e. The minimum Gasteiger partial charge on any atom is -0.507 e. The zero-order valence-corrected chi connectivity index (χ0v) is 21.7. The number of benzene rings is 2. The van der Waals surface area contributed by atoms with Crippen LogP contribution in [0.1, 0.15) is 29.7 Å². The molecule has 1 atom stereocenters. The van der Waals surface area contributed by atoms with Gasteiger partial charge in [-0.15, -0.1) is 10.2 Å². The van der Waals surface area contributed by atoms with E-state index in [0.717, 1.165) is 16.9 Å². The van der Waals surface area contributed by atoms with E-state index >= 15 is 0 Å². The van der Waals surface area contributed by atoms with Gasteiger partial charge in [0.05, 0.1) is 18.2 Å². The number of thioether (sulfide) groups is 1. The zero-order valence-electron chi connectivity index (χ0n) is 20.1. The van der Waals surface area contributed by atoms with E-state index in [0.29, 0.717) is 33.6 Å². The number of aliphatic hydroxyl groups is 1. The van der Waals surface area contributed by atoms with Crippen LogP contribution in [0.3, 0.4) is 0 Å². The van der Waals surface area contributed by atoms with Crippen LogP contribution in [-0.4, -0.2) is 38.6 Å². The fourth-order valence-corrected chi connectivity index (χ4v) is 5.83. The van der Waals surface area contributed by atoms with Gasteiger partial charge in [-0.25, -0.2) is 4.39 Å². The molecule has 1 aliphatic rings. The molecule has 1 saturated heterocycles. The molecular weight excluding hydrogens is 527 g/mol. The third kappa shape index (κ3) is 5.15. The van der Waals surface area contributed by atoms with Gasteiger partial charge in [0, 0.05) is 23.7 Å². The Hall–Kier alpha value is -4.09. The maximum atomic E-state index is 13.3. The lowest BCUT2D eigenvalue weighted by Crippen LogP contribution is -2.29. The molecule has 2 aromatic heterocycles. The van der Waals surface area contributed by atoms with Crippen molar-refractivity contribution >= 4 is 45.7 Å². The van der Waals surface area contributed by atoms with Crippen LogP contribution in [0.4, 0.5) is 9.52 Å². The lowest BCUT2D eigenvalue weighted by Gasteiger charge is -2.22. The second-order valence-corrected chi connectivity index (χ2v) is 10.4. The summed E-state index contributed by atoms with van der Waals surface area (Å²) in [7, 11) is 0. The largest absolute Gasteiger partial charge is 0.507 e. The van der Waals surface area contributed by atoms with Crippen LogP contribution >= 0.6 is 23.1 Å².